The van der Waals surface area contributed by atoms with Crippen LogP contribution in [0.15, 0.2) is 41.9 Å². The number of thiophene rings is 1. The van der Waals surface area contributed by atoms with E-state index in [0.29, 0.717) is 11.4 Å². The van der Waals surface area contributed by atoms with E-state index >= 15 is 0 Å². The molecule has 7 heteroatoms. The van der Waals surface area contributed by atoms with Crippen molar-refractivity contribution >= 4 is 28.7 Å². The molecule has 0 unspecified atom stereocenters. The molecule has 1 aliphatic rings. The van der Waals surface area contributed by atoms with Gasteiger partial charge in [-0.3, -0.25) is 9.89 Å². The Balaban J connectivity index is 1.42. The highest BCUT2D eigenvalue weighted by molar-refractivity contribution is 7.13. The second-order valence-electron chi connectivity index (χ2n) is 6.05. The van der Waals surface area contributed by atoms with E-state index in [-0.39, 0.29) is 5.91 Å². The molecule has 0 atom stereocenters. The van der Waals surface area contributed by atoms with Crippen molar-refractivity contribution in [2.45, 2.75) is 19.3 Å². The molecule has 0 bridgehead atoms. The predicted molar refractivity (Wildman–Crippen MR) is 100 cm³/mol. The van der Waals surface area contributed by atoms with Crippen LogP contribution in [0.2, 0.25) is 0 Å². The topological polar surface area (TPSA) is 73.9 Å². The van der Waals surface area contributed by atoms with E-state index in [9.17, 15) is 4.79 Å². The summed E-state index contributed by atoms with van der Waals surface area (Å²) in [6.45, 7) is 2.11. The van der Waals surface area contributed by atoms with Crippen molar-refractivity contribution in [3.05, 3.63) is 47.6 Å². The minimum Gasteiger partial charge on any atom is -0.357 e. The monoisotopic (exact) mass is 353 g/mol. The lowest BCUT2D eigenvalue weighted by Crippen LogP contribution is -2.30. The summed E-state index contributed by atoms with van der Waals surface area (Å²) in [5.74, 6) is 0.726. The molecule has 0 aliphatic carbocycles. The van der Waals surface area contributed by atoms with E-state index in [4.69, 9.17) is 0 Å². The molecule has 25 heavy (non-hydrogen) atoms. The maximum absolute atomic E-state index is 12.4. The summed E-state index contributed by atoms with van der Waals surface area (Å²) in [5.41, 5.74) is 1.88. The van der Waals surface area contributed by atoms with E-state index in [0.717, 1.165) is 29.5 Å². The molecule has 4 heterocycles. The number of aromatic amines is 1. The van der Waals surface area contributed by atoms with Gasteiger partial charge in [-0.15, -0.1) is 11.3 Å². The normalized spacial score (nSPS) is 14.5. The average Bonchev–Trinajstić information content (AvgIpc) is 3.35. The minimum atomic E-state index is -0.244. The summed E-state index contributed by atoms with van der Waals surface area (Å²) >= 11 is 1.60. The second kappa shape index (κ2) is 7.06. The van der Waals surface area contributed by atoms with Crippen LogP contribution in [-0.2, 0) is 0 Å². The molecule has 3 aromatic rings. The molecule has 1 saturated heterocycles. The first-order valence-corrected chi connectivity index (χ1v) is 9.29. The SMILES string of the molecule is O=C(Nc1ccc(N2CCCCC2)nc1)c1cc(-c2cccs2)[nH]n1. The van der Waals surface area contributed by atoms with Gasteiger partial charge in [-0.25, -0.2) is 4.98 Å². The summed E-state index contributed by atoms with van der Waals surface area (Å²) < 4.78 is 0. The van der Waals surface area contributed by atoms with Crippen molar-refractivity contribution in [3.63, 3.8) is 0 Å². The lowest BCUT2D eigenvalue weighted by atomic mass is 10.1. The van der Waals surface area contributed by atoms with Gasteiger partial charge in [0.25, 0.3) is 5.91 Å². The van der Waals surface area contributed by atoms with Crippen LogP contribution >= 0.6 is 11.3 Å². The van der Waals surface area contributed by atoms with Crippen LogP contribution in [0.5, 0.6) is 0 Å². The van der Waals surface area contributed by atoms with Gasteiger partial charge in [0, 0.05) is 13.1 Å². The number of hydrogen-bond acceptors (Lipinski definition) is 5. The highest BCUT2D eigenvalue weighted by atomic mass is 32.1. The van der Waals surface area contributed by atoms with E-state index in [1.54, 1.807) is 23.6 Å². The van der Waals surface area contributed by atoms with Crippen LogP contribution in [-0.4, -0.2) is 34.2 Å². The number of rotatable bonds is 4. The highest BCUT2D eigenvalue weighted by Gasteiger charge is 2.14. The fourth-order valence-electron chi connectivity index (χ4n) is 2.96. The minimum absolute atomic E-state index is 0.244. The third-order valence-corrected chi connectivity index (χ3v) is 5.19. The molecule has 128 valence electrons. The Morgan fingerprint density at radius 1 is 1.20 bits per heavy atom. The van der Waals surface area contributed by atoms with Crippen molar-refractivity contribution in [1.82, 2.24) is 15.2 Å². The Kier molecular flexibility index (Phi) is 4.47. The van der Waals surface area contributed by atoms with Crippen LogP contribution in [0.4, 0.5) is 11.5 Å². The van der Waals surface area contributed by atoms with E-state index in [1.165, 1.54) is 19.3 Å². The quantitative estimate of drug-likeness (QED) is 0.749. The number of carbonyl (C=O) groups excluding carboxylic acids is 1. The zero-order chi connectivity index (χ0) is 17.1. The van der Waals surface area contributed by atoms with Gasteiger partial charge in [-0.05, 0) is 48.9 Å². The Hall–Kier alpha value is -2.67. The maximum Gasteiger partial charge on any atom is 0.276 e. The van der Waals surface area contributed by atoms with Gasteiger partial charge in [-0.1, -0.05) is 6.07 Å². The van der Waals surface area contributed by atoms with E-state index < -0.39 is 0 Å². The van der Waals surface area contributed by atoms with Crippen LogP contribution < -0.4 is 10.2 Å². The van der Waals surface area contributed by atoms with Crippen molar-refractivity contribution in [2.24, 2.45) is 0 Å². The number of pyridine rings is 1. The lowest BCUT2D eigenvalue weighted by molar-refractivity contribution is 0.102. The van der Waals surface area contributed by atoms with Crippen LogP contribution in [0.3, 0.4) is 0 Å². The second-order valence-corrected chi connectivity index (χ2v) is 7.00. The molecule has 3 aromatic heterocycles. The van der Waals surface area contributed by atoms with E-state index in [1.807, 2.05) is 29.6 Å². The smallest absolute Gasteiger partial charge is 0.276 e. The third-order valence-electron chi connectivity index (χ3n) is 4.28. The van der Waals surface area contributed by atoms with Crippen LogP contribution in [0.1, 0.15) is 29.8 Å². The number of carbonyl (C=O) groups is 1. The standard InChI is InChI=1S/C18H19N5OS/c24-18(15-11-14(21-22-15)16-5-4-10-25-16)20-13-6-7-17(19-12-13)23-8-2-1-3-9-23/h4-7,10-12H,1-3,8-9H2,(H,20,24)(H,21,22). The van der Waals surface area contributed by atoms with Gasteiger partial charge < -0.3 is 10.2 Å². The molecule has 1 amide bonds. The number of nitrogens with one attached hydrogen (secondary N) is 2. The van der Waals surface area contributed by atoms with Gasteiger partial charge in [0.1, 0.15) is 5.82 Å². The molecule has 1 fully saturated rings. The van der Waals surface area contributed by atoms with Gasteiger partial charge in [-0.2, -0.15) is 5.10 Å². The zero-order valence-corrected chi connectivity index (χ0v) is 14.6. The average molecular weight is 353 g/mol. The van der Waals surface area contributed by atoms with Crippen molar-refractivity contribution in [1.29, 1.82) is 0 Å². The van der Waals surface area contributed by atoms with Crippen molar-refractivity contribution in [3.8, 4) is 10.6 Å². The van der Waals surface area contributed by atoms with Crippen molar-refractivity contribution in [2.75, 3.05) is 23.3 Å². The number of anilines is 2. The first-order valence-electron chi connectivity index (χ1n) is 8.41. The molecule has 4 rings (SSSR count). The summed E-state index contributed by atoms with van der Waals surface area (Å²) in [6.07, 6.45) is 5.42. The fraction of sp³-hybridized carbons (Fsp3) is 0.278. The Morgan fingerprint density at radius 3 is 2.80 bits per heavy atom. The first kappa shape index (κ1) is 15.8. The summed E-state index contributed by atoms with van der Waals surface area (Å²) in [5, 5.41) is 11.8. The number of H-pyrrole nitrogens is 1. The summed E-state index contributed by atoms with van der Waals surface area (Å²) in [7, 11) is 0. The highest BCUT2D eigenvalue weighted by Crippen LogP contribution is 2.23. The van der Waals surface area contributed by atoms with Gasteiger partial charge in [0.2, 0.25) is 0 Å². The third kappa shape index (κ3) is 3.56. The first-order chi connectivity index (χ1) is 12.3. The number of piperidine rings is 1. The summed E-state index contributed by atoms with van der Waals surface area (Å²) in [6, 6.07) is 9.57. The molecule has 1 aliphatic heterocycles. The Bertz CT molecular complexity index is 835. The largest absolute Gasteiger partial charge is 0.357 e. The van der Waals surface area contributed by atoms with Crippen LogP contribution in [0.25, 0.3) is 10.6 Å². The maximum atomic E-state index is 12.4. The van der Waals surface area contributed by atoms with Crippen molar-refractivity contribution < 1.29 is 4.79 Å². The molecule has 0 saturated carbocycles. The molecule has 0 radical (unpaired) electrons. The number of nitrogens with zero attached hydrogens (tertiary/aromatic N) is 3. The molecular weight excluding hydrogens is 334 g/mol. The number of aromatic nitrogens is 3. The Morgan fingerprint density at radius 2 is 2.08 bits per heavy atom. The van der Waals surface area contributed by atoms with Crippen LogP contribution in [0, 0.1) is 0 Å². The fourth-order valence-corrected chi connectivity index (χ4v) is 3.65. The molecular formula is C18H19N5OS. The Labute approximate surface area is 149 Å². The number of amides is 1. The van der Waals surface area contributed by atoms with Gasteiger partial charge >= 0.3 is 0 Å². The molecule has 6 nitrogen and oxygen atoms in total. The molecule has 2 N–H and O–H groups in total. The van der Waals surface area contributed by atoms with Gasteiger partial charge in [0.15, 0.2) is 5.69 Å². The van der Waals surface area contributed by atoms with Gasteiger partial charge in [0.05, 0.1) is 22.5 Å². The molecule has 0 aromatic carbocycles. The zero-order valence-electron chi connectivity index (χ0n) is 13.7. The molecule has 0 spiro atoms. The lowest BCUT2D eigenvalue weighted by Gasteiger charge is -2.27. The number of hydrogen-bond donors (Lipinski definition) is 2. The van der Waals surface area contributed by atoms with E-state index in [2.05, 4.69) is 25.4 Å². The summed E-state index contributed by atoms with van der Waals surface area (Å²) in [4.78, 5) is 20.2. The predicted octanol–water partition coefficient (Wildman–Crippen LogP) is 3.78.